The fraction of sp³-hybridized carbons (Fsp3) is 0.222. The van der Waals surface area contributed by atoms with Crippen LogP contribution in [0.5, 0.6) is 5.75 Å². The SMILES string of the molecule is CCC(C=N)Cn1cc(S(=O)(=O)c2ccccc2)c2ncc(O)cc21. The van der Waals surface area contributed by atoms with Crippen molar-refractivity contribution in [3.8, 4) is 5.75 Å². The molecule has 6 nitrogen and oxygen atoms in total. The number of nitrogens with zero attached hydrogens (tertiary/aromatic N) is 2. The van der Waals surface area contributed by atoms with Crippen molar-refractivity contribution < 1.29 is 13.5 Å². The first-order chi connectivity index (χ1) is 12.0. The molecule has 2 heterocycles. The van der Waals surface area contributed by atoms with E-state index in [0.29, 0.717) is 17.6 Å². The Morgan fingerprint density at radius 1 is 1.32 bits per heavy atom. The first-order valence-electron chi connectivity index (χ1n) is 7.96. The zero-order valence-corrected chi connectivity index (χ0v) is 14.6. The second-order valence-corrected chi connectivity index (χ2v) is 7.78. The van der Waals surface area contributed by atoms with Gasteiger partial charge in [-0.05, 0) is 18.6 Å². The second-order valence-electron chi connectivity index (χ2n) is 5.86. The smallest absolute Gasteiger partial charge is 0.210 e. The first-order valence-corrected chi connectivity index (χ1v) is 9.44. The van der Waals surface area contributed by atoms with Gasteiger partial charge >= 0.3 is 0 Å². The van der Waals surface area contributed by atoms with E-state index >= 15 is 0 Å². The number of aromatic nitrogens is 2. The van der Waals surface area contributed by atoms with Crippen molar-refractivity contribution in [3.05, 3.63) is 48.8 Å². The second kappa shape index (κ2) is 6.68. The fourth-order valence-electron chi connectivity index (χ4n) is 2.75. The molecule has 0 aliphatic rings. The van der Waals surface area contributed by atoms with Crippen molar-refractivity contribution >= 4 is 27.1 Å². The molecule has 0 saturated heterocycles. The fourth-order valence-corrected chi connectivity index (χ4v) is 4.20. The van der Waals surface area contributed by atoms with Crippen LogP contribution in [0, 0.1) is 11.3 Å². The molecule has 0 aliphatic heterocycles. The summed E-state index contributed by atoms with van der Waals surface area (Å²) in [6.45, 7) is 2.42. The zero-order valence-electron chi connectivity index (χ0n) is 13.8. The zero-order chi connectivity index (χ0) is 18.0. The van der Waals surface area contributed by atoms with Gasteiger partial charge in [-0.1, -0.05) is 25.1 Å². The normalized spacial score (nSPS) is 13.0. The van der Waals surface area contributed by atoms with Crippen LogP contribution in [-0.2, 0) is 16.4 Å². The first kappa shape index (κ1) is 17.2. The van der Waals surface area contributed by atoms with Crippen LogP contribution >= 0.6 is 0 Å². The van der Waals surface area contributed by atoms with Crippen LogP contribution in [0.2, 0.25) is 0 Å². The lowest BCUT2D eigenvalue weighted by Crippen LogP contribution is -2.10. The minimum absolute atomic E-state index is 0.0229. The van der Waals surface area contributed by atoms with Gasteiger partial charge in [-0.2, -0.15) is 0 Å². The van der Waals surface area contributed by atoms with Crippen molar-refractivity contribution in [2.75, 3.05) is 0 Å². The number of hydrogen-bond donors (Lipinski definition) is 2. The van der Waals surface area contributed by atoms with E-state index in [2.05, 4.69) is 4.98 Å². The van der Waals surface area contributed by atoms with Crippen molar-refractivity contribution in [2.24, 2.45) is 5.92 Å². The predicted molar refractivity (Wildman–Crippen MR) is 95.9 cm³/mol. The summed E-state index contributed by atoms with van der Waals surface area (Å²) in [5.74, 6) is -0.0522. The molecule has 0 spiro atoms. The summed E-state index contributed by atoms with van der Waals surface area (Å²) in [5, 5.41) is 17.3. The number of benzene rings is 1. The third-order valence-electron chi connectivity index (χ3n) is 4.20. The molecule has 0 fully saturated rings. The Labute approximate surface area is 146 Å². The molecule has 1 atom stereocenters. The van der Waals surface area contributed by atoms with Gasteiger partial charge in [0.15, 0.2) is 0 Å². The lowest BCUT2D eigenvalue weighted by Gasteiger charge is -2.11. The molecule has 0 radical (unpaired) electrons. The maximum atomic E-state index is 13.0. The van der Waals surface area contributed by atoms with E-state index < -0.39 is 9.84 Å². The average Bonchev–Trinajstić information content (AvgIpc) is 2.98. The van der Waals surface area contributed by atoms with Crippen LogP contribution in [0.25, 0.3) is 11.0 Å². The van der Waals surface area contributed by atoms with E-state index in [1.54, 1.807) is 41.1 Å². The minimum Gasteiger partial charge on any atom is -0.506 e. The molecule has 0 saturated carbocycles. The molecule has 0 bridgehead atoms. The van der Waals surface area contributed by atoms with E-state index in [-0.39, 0.29) is 21.5 Å². The molecule has 1 unspecified atom stereocenters. The number of fused-ring (bicyclic) bond motifs is 1. The average molecular weight is 357 g/mol. The van der Waals surface area contributed by atoms with Crippen LogP contribution in [0.1, 0.15) is 13.3 Å². The van der Waals surface area contributed by atoms with Gasteiger partial charge in [0.1, 0.15) is 16.2 Å². The van der Waals surface area contributed by atoms with Gasteiger partial charge in [0, 0.05) is 30.9 Å². The molecule has 25 heavy (non-hydrogen) atoms. The van der Waals surface area contributed by atoms with Gasteiger partial charge in [0.2, 0.25) is 9.84 Å². The van der Waals surface area contributed by atoms with Crippen molar-refractivity contribution in [1.82, 2.24) is 9.55 Å². The molecule has 130 valence electrons. The monoisotopic (exact) mass is 357 g/mol. The largest absolute Gasteiger partial charge is 0.506 e. The number of rotatable bonds is 6. The molecule has 2 aromatic heterocycles. The summed E-state index contributed by atoms with van der Waals surface area (Å²) in [6, 6.07) is 9.70. The Bertz CT molecular complexity index is 1010. The Kier molecular flexibility index (Phi) is 4.59. The summed E-state index contributed by atoms with van der Waals surface area (Å²) in [5.41, 5.74) is 0.858. The third-order valence-corrected chi connectivity index (χ3v) is 5.97. The maximum absolute atomic E-state index is 13.0. The summed E-state index contributed by atoms with van der Waals surface area (Å²) >= 11 is 0. The van der Waals surface area contributed by atoms with Gasteiger partial charge in [-0.15, -0.1) is 0 Å². The van der Waals surface area contributed by atoms with Gasteiger partial charge < -0.3 is 15.1 Å². The quantitative estimate of drug-likeness (QED) is 0.662. The third kappa shape index (κ3) is 3.15. The number of hydrogen-bond acceptors (Lipinski definition) is 5. The Balaban J connectivity index is 2.21. The van der Waals surface area contributed by atoms with E-state index in [1.165, 1.54) is 18.5 Å². The highest BCUT2D eigenvalue weighted by Crippen LogP contribution is 2.31. The molecule has 0 amide bonds. The highest BCUT2D eigenvalue weighted by Gasteiger charge is 2.25. The highest BCUT2D eigenvalue weighted by molar-refractivity contribution is 7.91. The van der Waals surface area contributed by atoms with Gasteiger partial charge in [0.05, 0.1) is 16.6 Å². The predicted octanol–water partition coefficient (Wildman–Crippen LogP) is 3.25. The molecule has 1 aromatic carbocycles. The number of aromatic hydroxyl groups is 1. The van der Waals surface area contributed by atoms with Gasteiger partial charge in [-0.3, -0.25) is 0 Å². The van der Waals surface area contributed by atoms with E-state index in [1.807, 2.05) is 6.92 Å². The molecule has 3 rings (SSSR count). The molecule has 7 heteroatoms. The molecular formula is C18H19N3O3S. The van der Waals surface area contributed by atoms with Crippen LogP contribution in [0.15, 0.2) is 58.6 Å². The molecule has 3 aromatic rings. The van der Waals surface area contributed by atoms with Crippen LogP contribution in [0.4, 0.5) is 0 Å². The molecule has 0 aliphatic carbocycles. The van der Waals surface area contributed by atoms with E-state index in [0.717, 1.165) is 6.42 Å². The van der Waals surface area contributed by atoms with Gasteiger partial charge in [-0.25, -0.2) is 13.4 Å². The maximum Gasteiger partial charge on any atom is 0.210 e. The summed E-state index contributed by atoms with van der Waals surface area (Å²) < 4.78 is 27.8. The summed E-state index contributed by atoms with van der Waals surface area (Å²) in [6.07, 6.45) is 4.90. The number of sulfone groups is 1. The standard InChI is InChI=1S/C18H19N3O3S/c1-2-13(9-19)11-21-12-17(18-16(21)8-14(22)10-20-18)25(23,24)15-6-4-3-5-7-15/h3-10,12-13,19,22H,2,11H2,1H3. The van der Waals surface area contributed by atoms with Crippen LogP contribution in [0.3, 0.4) is 0 Å². The Morgan fingerprint density at radius 3 is 2.68 bits per heavy atom. The van der Waals surface area contributed by atoms with Crippen LogP contribution < -0.4 is 0 Å². The Morgan fingerprint density at radius 2 is 2.04 bits per heavy atom. The lowest BCUT2D eigenvalue weighted by atomic mass is 10.1. The Hall–Kier alpha value is -2.67. The van der Waals surface area contributed by atoms with E-state index in [4.69, 9.17) is 5.41 Å². The van der Waals surface area contributed by atoms with Gasteiger partial charge in [0.25, 0.3) is 0 Å². The van der Waals surface area contributed by atoms with Crippen molar-refractivity contribution in [2.45, 2.75) is 29.7 Å². The summed E-state index contributed by atoms with van der Waals surface area (Å²) in [4.78, 5) is 4.45. The molecule has 2 N–H and O–H groups in total. The topological polar surface area (TPSA) is 96.0 Å². The summed E-state index contributed by atoms with van der Waals surface area (Å²) in [7, 11) is -3.73. The van der Waals surface area contributed by atoms with E-state index in [9.17, 15) is 13.5 Å². The minimum atomic E-state index is -3.73. The van der Waals surface area contributed by atoms with Crippen LogP contribution in [-0.4, -0.2) is 29.3 Å². The lowest BCUT2D eigenvalue weighted by molar-refractivity contribution is 0.473. The number of pyridine rings is 1. The van der Waals surface area contributed by atoms with Crippen molar-refractivity contribution in [3.63, 3.8) is 0 Å². The highest BCUT2D eigenvalue weighted by atomic mass is 32.2. The number of nitrogens with one attached hydrogen (secondary N) is 1. The van der Waals surface area contributed by atoms with Crippen molar-refractivity contribution in [1.29, 1.82) is 5.41 Å². The molecular weight excluding hydrogens is 338 g/mol.